The second-order valence-corrected chi connectivity index (χ2v) is 5.29. The molecule has 0 aliphatic carbocycles. The first-order chi connectivity index (χ1) is 8.06. The summed E-state index contributed by atoms with van der Waals surface area (Å²) >= 11 is 1.38. The highest BCUT2D eigenvalue weighted by Crippen LogP contribution is 2.21. The van der Waals surface area contributed by atoms with Crippen molar-refractivity contribution in [1.82, 2.24) is 19.1 Å². The Morgan fingerprint density at radius 3 is 2.59 bits per heavy atom. The van der Waals surface area contributed by atoms with Gasteiger partial charge in [0.15, 0.2) is 0 Å². The van der Waals surface area contributed by atoms with E-state index in [0.29, 0.717) is 12.0 Å². The van der Waals surface area contributed by atoms with Gasteiger partial charge in [0.05, 0.1) is 11.9 Å². The van der Waals surface area contributed by atoms with E-state index in [9.17, 15) is 0 Å². The van der Waals surface area contributed by atoms with Crippen LogP contribution in [0.1, 0.15) is 45.5 Å². The lowest BCUT2D eigenvalue weighted by Crippen LogP contribution is -1.99. The molecule has 0 fully saturated rings. The minimum absolute atomic E-state index is 0.361. The molecule has 6 heteroatoms. The van der Waals surface area contributed by atoms with Gasteiger partial charge in [-0.05, 0) is 13.8 Å². The standard InChI is InChI=1S/C11H17N5S/c1-7(2)10-14-11(17-15-10)13-9-5-12-16(6-9)8(3)4/h5-8H,1-4H3,(H,13,14,15). The van der Waals surface area contributed by atoms with E-state index in [0.717, 1.165) is 16.6 Å². The number of aromatic nitrogens is 4. The average molecular weight is 251 g/mol. The molecule has 0 aliphatic rings. The zero-order chi connectivity index (χ0) is 12.4. The van der Waals surface area contributed by atoms with Gasteiger partial charge in [0.1, 0.15) is 5.82 Å². The monoisotopic (exact) mass is 251 g/mol. The van der Waals surface area contributed by atoms with Gasteiger partial charge in [-0.25, -0.2) is 4.98 Å². The van der Waals surface area contributed by atoms with Crippen molar-refractivity contribution in [2.45, 2.75) is 39.7 Å². The highest BCUT2D eigenvalue weighted by atomic mass is 32.1. The van der Waals surface area contributed by atoms with Crippen LogP contribution in [-0.4, -0.2) is 19.1 Å². The van der Waals surface area contributed by atoms with E-state index in [-0.39, 0.29) is 0 Å². The molecule has 0 radical (unpaired) electrons. The minimum atomic E-state index is 0.361. The number of nitrogens with zero attached hydrogens (tertiary/aromatic N) is 4. The van der Waals surface area contributed by atoms with Gasteiger partial charge in [-0.2, -0.15) is 9.47 Å². The summed E-state index contributed by atoms with van der Waals surface area (Å²) in [6.07, 6.45) is 3.78. The Morgan fingerprint density at radius 1 is 1.29 bits per heavy atom. The second-order valence-electron chi connectivity index (χ2n) is 4.54. The maximum atomic E-state index is 4.42. The van der Waals surface area contributed by atoms with E-state index in [1.54, 1.807) is 6.20 Å². The molecule has 2 aromatic heterocycles. The molecule has 2 heterocycles. The van der Waals surface area contributed by atoms with Crippen molar-refractivity contribution in [1.29, 1.82) is 0 Å². The maximum Gasteiger partial charge on any atom is 0.207 e. The average Bonchev–Trinajstić information content (AvgIpc) is 2.87. The molecule has 92 valence electrons. The lowest BCUT2D eigenvalue weighted by atomic mass is 10.2. The number of nitrogens with one attached hydrogen (secondary N) is 1. The molecular formula is C11H17N5S. The largest absolute Gasteiger partial charge is 0.328 e. The predicted molar refractivity (Wildman–Crippen MR) is 69.9 cm³/mol. The SMILES string of the molecule is CC(C)c1nsc(Nc2cnn(C(C)C)c2)n1. The molecule has 0 amide bonds. The number of hydrogen-bond donors (Lipinski definition) is 1. The molecule has 0 atom stereocenters. The summed E-state index contributed by atoms with van der Waals surface area (Å²) in [7, 11) is 0. The Labute approximate surface area is 105 Å². The van der Waals surface area contributed by atoms with Crippen molar-refractivity contribution < 1.29 is 0 Å². The second kappa shape index (κ2) is 4.83. The fourth-order valence-electron chi connectivity index (χ4n) is 1.33. The highest BCUT2D eigenvalue weighted by molar-refractivity contribution is 7.09. The summed E-state index contributed by atoms with van der Waals surface area (Å²) in [4.78, 5) is 4.42. The third kappa shape index (κ3) is 2.82. The van der Waals surface area contributed by atoms with Gasteiger partial charge in [-0.15, -0.1) is 0 Å². The number of anilines is 2. The van der Waals surface area contributed by atoms with E-state index >= 15 is 0 Å². The van der Waals surface area contributed by atoms with Crippen molar-refractivity contribution >= 4 is 22.4 Å². The van der Waals surface area contributed by atoms with Crippen molar-refractivity contribution in [2.75, 3.05) is 5.32 Å². The van der Waals surface area contributed by atoms with Gasteiger partial charge in [0, 0.05) is 29.7 Å². The molecule has 0 saturated carbocycles. The highest BCUT2D eigenvalue weighted by Gasteiger charge is 2.08. The van der Waals surface area contributed by atoms with Crippen LogP contribution >= 0.6 is 11.5 Å². The zero-order valence-corrected chi connectivity index (χ0v) is 11.3. The fourth-order valence-corrected chi connectivity index (χ4v) is 2.06. The summed E-state index contributed by atoms with van der Waals surface area (Å²) in [6.45, 7) is 8.36. The third-order valence-corrected chi connectivity index (χ3v) is 2.98. The van der Waals surface area contributed by atoms with Crippen LogP contribution in [-0.2, 0) is 0 Å². The van der Waals surface area contributed by atoms with Crippen LogP contribution in [0.25, 0.3) is 0 Å². The number of rotatable bonds is 4. The first-order valence-corrected chi connectivity index (χ1v) is 6.48. The molecule has 2 aromatic rings. The summed E-state index contributed by atoms with van der Waals surface area (Å²) in [5.74, 6) is 1.24. The van der Waals surface area contributed by atoms with Gasteiger partial charge in [0.25, 0.3) is 0 Å². The van der Waals surface area contributed by atoms with Crippen molar-refractivity contribution in [3.8, 4) is 0 Å². The van der Waals surface area contributed by atoms with Gasteiger partial charge < -0.3 is 5.32 Å². The molecule has 0 aliphatic heterocycles. The van der Waals surface area contributed by atoms with Crippen molar-refractivity contribution in [3.05, 3.63) is 18.2 Å². The first kappa shape index (κ1) is 12.0. The molecule has 2 rings (SSSR count). The van der Waals surface area contributed by atoms with Crippen LogP contribution < -0.4 is 5.32 Å². The van der Waals surface area contributed by atoms with Crippen molar-refractivity contribution in [2.24, 2.45) is 0 Å². The molecule has 0 unspecified atom stereocenters. The maximum absolute atomic E-state index is 4.42. The summed E-state index contributed by atoms with van der Waals surface area (Å²) < 4.78 is 6.20. The number of hydrogen-bond acceptors (Lipinski definition) is 5. The van der Waals surface area contributed by atoms with Crippen LogP contribution in [0.3, 0.4) is 0 Å². The molecule has 17 heavy (non-hydrogen) atoms. The quantitative estimate of drug-likeness (QED) is 0.906. The lowest BCUT2D eigenvalue weighted by molar-refractivity contribution is 0.532. The fraction of sp³-hybridized carbons (Fsp3) is 0.545. The lowest BCUT2D eigenvalue weighted by Gasteiger charge is -2.03. The van der Waals surface area contributed by atoms with Crippen LogP contribution in [0.15, 0.2) is 12.4 Å². The van der Waals surface area contributed by atoms with Crippen LogP contribution in [0.2, 0.25) is 0 Å². The predicted octanol–water partition coefficient (Wildman–Crippen LogP) is 3.18. The van der Waals surface area contributed by atoms with E-state index in [4.69, 9.17) is 0 Å². The van der Waals surface area contributed by atoms with Gasteiger partial charge in [-0.1, -0.05) is 13.8 Å². The molecule has 0 saturated heterocycles. The van der Waals surface area contributed by atoms with Gasteiger partial charge in [-0.3, -0.25) is 4.68 Å². The molecule has 0 aromatic carbocycles. The van der Waals surface area contributed by atoms with Gasteiger partial charge >= 0.3 is 0 Å². The Morgan fingerprint density at radius 2 is 2.06 bits per heavy atom. The molecular weight excluding hydrogens is 234 g/mol. The topological polar surface area (TPSA) is 55.6 Å². The smallest absolute Gasteiger partial charge is 0.207 e. The van der Waals surface area contributed by atoms with Gasteiger partial charge in [0.2, 0.25) is 5.13 Å². The summed E-state index contributed by atoms with van der Waals surface area (Å²) in [5, 5.41) is 8.30. The van der Waals surface area contributed by atoms with E-state index < -0.39 is 0 Å². The van der Waals surface area contributed by atoms with Crippen LogP contribution in [0.4, 0.5) is 10.8 Å². The normalized spacial score (nSPS) is 11.4. The summed E-state index contributed by atoms with van der Waals surface area (Å²) in [5.41, 5.74) is 0.949. The third-order valence-electron chi connectivity index (χ3n) is 2.34. The van der Waals surface area contributed by atoms with Crippen molar-refractivity contribution in [3.63, 3.8) is 0 Å². The van der Waals surface area contributed by atoms with Crippen LogP contribution in [0.5, 0.6) is 0 Å². The van der Waals surface area contributed by atoms with Crippen LogP contribution in [0, 0.1) is 0 Å². The molecule has 0 bridgehead atoms. The van der Waals surface area contributed by atoms with E-state index in [2.05, 4.69) is 47.5 Å². The zero-order valence-electron chi connectivity index (χ0n) is 10.5. The minimum Gasteiger partial charge on any atom is -0.328 e. The molecule has 0 spiro atoms. The van der Waals surface area contributed by atoms with E-state index in [1.807, 2.05) is 10.9 Å². The molecule has 1 N–H and O–H groups in total. The Balaban J connectivity index is 2.08. The summed E-state index contributed by atoms with van der Waals surface area (Å²) in [6, 6.07) is 0.367. The Hall–Kier alpha value is -1.43. The first-order valence-electron chi connectivity index (χ1n) is 5.71. The molecule has 5 nitrogen and oxygen atoms in total. The Kier molecular flexibility index (Phi) is 3.42. The Bertz CT molecular complexity index is 441. The van der Waals surface area contributed by atoms with E-state index in [1.165, 1.54) is 11.5 Å².